The quantitative estimate of drug-likeness (QED) is 0.639. The Kier molecular flexibility index (Phi) is 4.67. The first kappa shape index (κ1) is 14.0. The monoisotopic (exact) mass is 247 g/mol. The molecule has 1 unspecified atom stereocenters. The lowest BCUT2D eigenvalue weighted by atomic mass is 10.0. The van der Waals surface area contributed by atoms with Crippen molar-refractivity contribution in [1.29, 1.82) is 5.26 Å². The van der Waals surface area contributed by atoms with Crippen LogP contribution in [0.4, 0.5) is 11.4 Å². The zero-order valence-electron chi connectivity index (χ0n) is 10.8. The van der Waals surface area contributed by atoms with E-state index in [9.17, 15) is 10.1 Å². The summed E-state index contributed by atoms with van der Waals surface area (Å²) in [5.74, 6) is 0.428. The molecule has 1 aromatic rings. The SMILES string of the molecule is CCC(Nc1ccc([N+](=O)[O-])cc1C#N)C(C)C. The van der Waals surface area contributed by atoms with E-state index in [2.05, 4.69) is 26.1 Å². The Morgan fingerprint density at radius 2 is 2.17 bits per heavy atom. The summed E-state index contributed by atoms with van der Waals surface area (Å²) in [7, 11) is 0. The van der Waals surface area contributed by atoms with Gasteiger partial charge in [-0.15, -0.1) is 0 Å². The summed E-state index contributed by atoms with van der Waals surface area (Å²) in [5, 5.41) is 22.9. The molecule has 0 aliphatic carbocycles. The first-order valence-electron chi connectivity index (χ1n) is 5.94. The molecule has 0 aromatic heterocycles. The molecule has 0 heterocycles. The zero-order chi connectivity index (χ0) is 13.7. The van der Waals surface area contributed by atoms with Crippen LogP contribution in [-0.2, 0) is 0 Å². The molecule has 1 atom stereocenters. The first-order chi connectivity index (χ1) is 8.49. The molecule has 1 N–H and O–H groups in total. The molecule has 0 radical (unpaired) electrons. The highest BCUT2D eigenvalue weighted by molar-refractivity contribution is 5.61. The van der Waals surface area contributed by atoms with Crippen molar-refractivity contribution in [3.05, 3.63) is 33.9 Å². The molecule has 0 bridgehead atoms. The Balaban J connectivity index is 3.03. The normalized spacial score (nSPS) is 11.9. The van der Waals surface area contributed by atoms with Gasteiger partial charge in [0.25, 0.3) is 5.69 Å². The third kappa shape index (κ3) is 3.20. The van der Waals surface area contributed by atoms with Crippen molar-refractivity contribution in [3.63, 3.8) is 0 Å². The van der Waals surface area contributed by atoms with Gasteiger partial charge in [-0.25, -0.2) is 0 Å². The highest BCUT2D eigenvalue weighted by atomic mass is 16.6. The minimum atomic E-state index is -0.496. The summed E-state index contributed by atoms with van der Waals surface area (Å²) in [6.07, 6.45) is 0.930. The maximum absolute atomic E-state index is 10.6. The standard InChI is InChI=1S/C13H17N3O2/c1-4-12(9(2)3)15-13-6-5-11(16(17)18)7-10(13)8-14/h5-7,9,12,15H,4H2,1-3H3. The van der Waals surface area contributed by atoms with Crippen molar-refractivity contribution in [2.45, 2.75) is 33.2 Å². The van der Waals surface area contributed by atoms with Crippen molar-refractivity contribution in [1.82, 2.24) is 0 Å². The van der Waals surface area contributed by atoms with Crippen molar-refractivity contribution in [2.75, 3.05) is 5.32 Å². The number of hydrogen-bond acceptors (Lipinski definition) is 4. The van der Waals surface area contributed by atoms with E-state index in [1.165, 1.54) is 12.1 Å². The van der Waals surface area contributed by atoms with Crippen LogP contribution in [0.5, 0.6) is 0 Å². The molecule has 18 heavy (non-hydrogen) atoms. The fourth-order valence-electron chi connectivity index (χ4n) is 1.80. The number of anilines is 1. The van der Waals surface area contributed by atoms with Crippen LogP contribution in [0.1, 0.15) is 32.8 Å². The lowest BCUT2D eigenvalue weighted by Gasteiger charge is -2.22. The number of hydrogen-bond donors (Lipinski definition) is 1. The van der Waals surface area contributed by atoms with Crippen LogP contribution in [0, 0.1) is 27.4 Å². The van der Waals surface area contributed by atoms with E-state index in [0.29, 0.717) is 17.2 Å². The highest BCUT2D eigenvalue weighted by Crippen LogP contribution is 2.23. The van der Waals surface area contributed by atoms with Crippen LogP contribution < -0.4 is 5.32 Å². The average Bonchev–Trinajstić information content (AvgIpc) is 2.35. The van der Waals surface area contributed by atoms with Gasteiger partial charge in [-0.2, -0.15) is 5.26 Å². The minimum Gasteiger partial charge on any atom is -0.381 e. The number of nitriles is 1. The minimum absolute atomic E-state index is 0.0605. The molecular formula is C13H17N3O2. The van der Waals surface area contributed by atoms with Gasteiger partial charge in [0.1, 0.15) is 6.07 Å². The Morgan fingerprint density at radius 3 is 2.61 bits per heavy atom. The molecule has 0 spiro atoms. The van der Waals surface area contributed by atoms with E-state index in [1.54, 1.807) is 6.07 Å². The lowest BCUT2D eigenvalue weighted by molar-refractivity contribution is -0.384. The fraction of sp³-hybridized carbons (Fsp3) is 0.462. The van der Waals surface area contributed by atoms with Gasteiger partial charge in [-0.05, 0) is 18.4 Å². The predicted octanol–water partition coefficient (Wildman–Crippen LogP) is 3.31. The summed E-state index contributed by atoms with van der Waals surface area (Å²) >= 11 is 0. The van der Waals surface area contributed by atoms with Crippen LogP contribution in [0.15, 0.2) is 18.2 Å². The van der Waals surface area contributed by atoms with Crippen molar-refractivity contribution < 1.29 is 4.92 Å². The van der Waals surface area contributed by atoms with Crippen molar-refractivity contribution >= 4 is 11.4 Å². The number of benzene rings is 1. The van der Waals surface area contributed by atoms with Crippen LogP contribution >= 0.6 is 0 Å². The second-order valence-electron chi connectivity index (χ2n) is 4.50. The molecule has 5 nitrogen and oxygen atoms in total. The lowest BCUT2D eigenvalue weighted by Crippen LogP contribution is -2.25. The summed E-state index contributed by atoms with van der Waals surface area (Å²) in [4.78, 5) is 10.1. The molecule has 0 saturated carbocycles. The van der Waals surface area contributed by atoms with Crippen molar-refractivity contribution in [3.8, 4) is 6.07 Å². The van der Waals surface area contributed by atoms with Gasteiger partial charge >= 0.3 is 0 Å². The smallest absolute Gasteiger partial charge is 0.270 e. The van der Waals surface area contributed by atoms with Crippen LogP contribution in [-0.4, -0.2) is 11.0 Å². The summed E-state index contributed by atoms with van der Waals surface area (Å²) in [6.45, 7) is 6.26. The average molecular weight is 247 g/mol. The van der Waals surface area contributed by atoms with E-state index in [0.717, 1.165) is 6.42 Å². The number of rotatable bonds is 5. The molecule has 0 fully saturated rings. The summed E-state index contributed by atoms with van der Waals surface area (Å²) in [6, 6.07) is 6.55. The predicted molar refractivity (Wildman–Crippen MR) is 70.4 cm³/mol. The molecule has 0 saturated heterocycles. The first-order valence-corrected chi connectivity index (χ1v) is 5.94. The van der Waals surface area contributed by atoms with E-state index < -0.39 is 4.92 Å². The molecule has 96 valence electrons. The van der Waals surface area contributed by atoms with Gasteiger partial charge in [0, 0.05) is 18.2 Å². The van der Waals surface area contributed by atoms with Gasteiger partial charge in [0.2, 0.25) is 0 Å². The van der Waals surface area contributed by atoms with Crippen LogP contribution in [0.3, 0.4) is 0 Å². The summed E-state index contributed by atoms with van der Waals surface area (Å²) < 4.78 is 0. The Bertz CT molecular complexity index is 478. The molecular weight excluding hydrogens is 230 g/mol. The van der Waals surface area contributed by atoms with Gasteiger partial charge in [-0.1, -0.05) is 20.8 Å². The zero-order valence-corrected chi connectivity index (χ0v) is 10.8. The van der Waals surface area contributed by atoms with Gasteiger partial charge in [-0.3, -0.25) is 10.1 Å². The highest BCUT2D eigenvalue weighted by Gasteiger charge is 2.15. The Morgan fingerprint density at radius 1 is 1.50 bits per heavy atom. The van der Waals surface area contributed by atoms with Gasteiger partial charge in [0.05, 0.1) is 16.2 Å². The second-order valence-corrected chi connectivity index (χ2v) is 4.50. The van der Waals surface area contributed by atoms with E-state index in [4.69, 9.17) is 5.26 Å². The van der Waals surface area contributed by atoms with E-state index in [1.807, 2.05) is 6.07 Å². The molecule has 1 aromatic carbocycles. The van der Waals surface area contributed by atoms with Gasteiger partial charge < -0.3 is 5.32 Å². The molecule has 0 aliphatic rings. The molecule has 0 amide bonds. The number of nitrogens with one attached hydrogen (secondary N) is 1. The fourth-order valence-corrected chi connectivity index (χ4v) is 1.80. The maximum atomic E-state index is 10.6. The maximum Gasteiger partial charge on any atom is 0.270 e. The third-order valence-corrected chi connectivity index (χ3v) is 2.92. The largest absolute Gasteiger partial charge is 0.381 e. The van der Waals surface area contributed by atoms with E-state index >= 15 is 0 Å². The van der Waals surface area contributed by atoms with Crippen LogP contribution in [0.2, 0.25) is 0 Å². The number of non-ortho nitro benzene ring substituents is 1. The Labute approximate surface area is 107 Å². The number of nitro benzene ring substituents is 1. The third-order valence-electron chi connectivity index (χ3n) is 2.92. The number of nitro groups is 1. The van der Waals surface area contributed by atoms with Crippen molar-refractivity contribution in [2.24, 2.45) is 5.92 Å². The summed E-state index contributed by atoms with van der Waals surface area (Å²) in [5.41, 5.74) is 0.904. The Hall–Kier alpha value is -2.09. The second kappa shape index (κ2) is 6.01. The van der Waals surface area contributed by atoms with Crippen LogP contribution in [0.25, 0.3) is 0 Å². The van der Waals surface area contributed by atoms with E-state index in [-0.39, 0.29) is 11.7 Å². The topological polar surface area (TPSA) is 79.0 Å². The number of nitrogens with zero attached hydrogens (tertiary/aromatic N) is 2. The molecule has 0 aliphatic heterocycles. The molecule has 5 heteroatoms. The molecule has 1 rings (SSSR count). The van der Waals surface area contributed by atoms with Gasteiger partial charge in [0.15, 0.2) is 0 Å².